The van der Waals surface area contributed by atoms with Crippen molar-refractivity contribution in [2.75, 3.05) is 25.1 Å². The molecule has 0 spiro atoms. The molecule has 0 aromatic heterocycles. The van der Waals surface area contributed by atoms with Crippen LogP contribution in [0.15, 0.2) is 42.5 Å². The Kier molecular flexibility index (Phi) is 7.33. The van der Waals surface area contributed by atoms with Gasteiger partial charge in [0.1, 0.15) is 11.3 Å². The first-order chi connectivity index (χ1) is 14.9. The average molecular weight is 426 g/mol. The van der Waals surface area contributed by atoms with Crippen molar-refractivity contribution in [1.29, 1.82) is 0 Å². The highest BCUT2D eigenvalue weighted by atomic mass is 16.5. The summed E-state index contributed by atoms with van der Waals surface area (Å²) in [6.45, 7) is 8.86. The predicted octanol–water partition coefficient (Wildman–Crippen LogP) is 4.65. The third-order valence-corrected chi connectivity index (χ3v) is 5.45. The first-order valence-electron chi connectivity index (χ1n) is 10.8. The fraction of sp³-hybridized carbons (Fsp3) is 0.440. The zero-order chi connectivity index (χ0) is 22.4. The van der Waals surface area contributed by atoms with E-state index in [-0.39, 0.29) is 18.6 Å². The molecular formula is C25H31NO5. The Morgan fingerprint density at radius 1 is 1.13 bits per heavy atom. The van der Waals surface area contributed by atoms with Crippen LogP contribution in [-0.2, 0) is 19.7 Å². The second kappa shape index (κ2) is 9.96. The minimum atomic E-state index is -0.679. The molecule has 0 radical (unpaired) electrons. The number of ether oxygens (including phenoxy) is 3. The van der Waals surface area contributed by atoms with Crippen molar-refractivity contribution in [1.82, 2.24) is 0 Å². The molecule has 2 aromatic carbocycles. The highest BCUT2D eigenvalue weighted by Crippen LogP contribution is 2.37. The Bertz CT molecular complexity index is 931. The van der Waals surface area contributed by atoms with Crippen LogP contribution in [0, 0.1) is 6.92 Å². The molecule has 0 aliphatic carbocycles. The lowest BCUT2D eigenvalue weighted by Gasteiger charge is -2.36. The summed E-state index contributed by atoms with van der Waals surface area (Å²) in [5.41, 5.74) is 2.24. The SMILES string of the molecule is CCOC(=O)c1cc(NC(=O)C2(c3cccc(C)c3)CCOCC2)ccc1OC(C)C. The van der Waals surface area contributed by atoms with Gasteiger partial charge in [0.25, 0.3) is 0 Å². The van der Waals surface area contributed by atoms with Crippen LogP contribution in [0.3, 0.4) is 0 Å². The number of anilines is 1. The van der Waals surface area contributed by atoms with Gasteiger partial charge in [0.15, 0.2) is 0 Å². The fourth-order valence-electron chi connectivity index (χ4n) is 3.89. The topological polar surface area (TPSA) is 73.9 Å². The molecule has 2 aromatic rings. The largest absolute Gasteiger partial charge is 0.490 e. The number of amides is 1. The molecule has 0 atom stereocenters. The van der Waals surface area contributed by atoms with Crippen molar-refractivity contribution in [2.45, 2.75) is 52.1 Å². The van der Waals surface area contributed by atoms with Crippen molar-refractivity contribution in [3.8, 4) is 5.75 Å². The van der Waals surface area contributed by atoms with E-state index in [2.05, 4.69) is 11.4 Å². The molecule has 1 fully saturated rings. The summed E-state index contributed by atoms with van der Waals surface area (Å²) in [5.74, 6) is -0.145. The van der Waals surface area contributed by atoms with E-state index in [4.69, 9.17) is 14.2 Å². The van der Waals surface area contributed by atoms with Crippen molar-refractivity contribution in [3.05, 3.63) is 59.2 Å². The Balaban J connectivity index is 1.93. The van der Waals surface area contributed by atoms with Crippen LogP contribution < -0.4 is 10.1 Å². The van der Waals surface area contributed by atoms with Crippen LogP contribution in [0.25, 0.3) is 0 Å². The van der Waals surface area contributed by atoms with Gasteiger partial charge in [-0.1, -0.05) is 29.8 Å². The number of carbonyl (C=O) groups is 2. The average Bonchev–Trinajstić information content (AvgIpc) is 2.75. The van der Waals surface area contributed by atoms with Crippen LogP contribution in [0.1, 0.15) is 55.1 Å². The first-order valence-corrected chi connectivity index (χ1v) is 10.8. The third kappa shape index (κ3) is 5.25. The number of carbonyl (C=O) groups excluding carboxylic acids is 2. The molecule has 166 valence electrons. The van der Waals surface area contributed by atoms with Crippen molar-refractivity contribution in [3.63, 3.8) is 0 Å². The summed E-state index contributed by atoms with van der Waals surface area (Å²) in [5, 5.41) is 3.03. The van der Waals surface area contributed by atoms with Gasteiger partial charge in [-0.15, -0.1) is 0 Å². The second-order valence-corrected chi connectivity index (χ2v) is 8.12. The van der Waals surface area contributed by atoms with Gasteiger partial charge in [0, 0.05) is 18.9 Å². The lowest BCUT2D eigenvalue weighted by atomic mass is 9.73. The zero-order valence-electron chi connectivity index (χ0n) is 18.7. The quantitative estimate of drug-likeness (QED) is 0.654. The molecule has 1 heterocycles. The summed E-state index contributed by atoms with van der Waals surface area (Å²) in [4.78, 5) is 26.0. The Morgan fingerprint density at radius 3 is 2.52 bits per heavy atom. The molecule has 3 rings (SSSR count). The fourth-order valence-corrected chi connectivity index (χ4v) is 3.89. The molecule has 1 saturated heterocycles. The lowest BCUT2D eigenvalue weighted by Crippen LogP contribution is -2.44. The number of rotatable bonds is 7. The molecule has 1 aliphatic heterocycles. The Hall–Kier alpha value is -2.86. The highest BCUT2D eigenvalue weighted by Gasteiger charge is 2.41. The highest BCUT2D eigenvalue weighted by molar-refractivity contribution is 6.01. The minimum Gasteiger partial charge on any atom is -0.490 e. The first kappa shape index (κ1) is 22.8. The smallest absolute Gasteiger partial charge is 0.341 e. The summed E-state index contributed by atoms with van der Waals surface area (Å²) in [7, 11) is 0. The van der Waals surface area contributed by atoms with Crippen LogP contribution in [0.2, 0.25) is 0 Å². The summed E-state index contributed by atoms with van der Waals surface area (Å²) in [6, 6.07) is 13.1. The molecule has 1 aliphatic rings. The molecule has 0 unspecified atom stereocenters. The third-order valence-electron chi connectivity index (χ3n) is 5.45. The molecular weight excluding hydrogens is 394 g/mol. The van der Waals surface area contributed by atoms with Crippen molar-refractivity contribution >= 4 is 17.6 Å². The Labute approximate surface area is 183 Å². The van der Waals surface area contributed by atoms with Crippen molar-refractivity contribution in [2.24, 2.45) is 0 Å². The molecule has 0 saturated carbocycles. The standard InChI is InChI=1S/C25H31NO5/c1-5-30-23(27)21-16-20(9-10-22(21)31-17(2)3)26-24(28)25(11-13-29-14-12-25)19-8-6-7-18(4)15-19/h6-10,15-17H,5,11-14H2,1-4H3,(H,26,28). The maximum absolute atomic E-state index is 13.6. The van der Waals surface area contributed by atoms with Gasteiger partial charge >= 0.3 is 5.97 Å². The molecule has 0 bridgehead atoms. The van der Waals surface area contributed by atoms with Gasteiger partial charge in [-0.05, 0) is 64.3 Å². The van der Waals surface area contributed by atoms with Gasteiger partial charge in [-0.2, -0.15) is 0 Å². The maximum Gasteiger partial charge on any atom is 0.341 e. The van der Waals surface area contributed by atoms with Gasteiger partial charge in [-0.25, -0.2) is 4.79 Å². The number of esters is 1. The summed E-state index contributed by atoms with van der Waals surface area (Å²) < 4.78 is 16.5. The monoisotopic (exact) mass is 425 g/mol. The van der Waals surface area contributed by atoms with Gasteiger partial charge < -0.3 is 19.5 Å². The van der Waals surface area contributed by atoms with E-state index in [1.807, 2.05) is 39.0 Å². The number of benzene rings is 2. The van der Waals surface area contributed by atoms with Gasteiger partial charge in [-0.3, -0.25) is 4.79 Å². The van der Waals surface area contributed by atoms with Crippen LogP contribution in [0.4, 0.5) is 5.69 Å². The summed E-state index contributed by atoms with van der Waals surface area (Å²) >= 11 is 0. The molecule has 1 N–H and O–H groups in total. The van der Waals surface area contributed by atoms with Crippen LogP contribution >= 0.6 is 0 Å². The molecule has 31 heavy (non-hydrogen) atoms. The molecule has 1 amide bonds. The maximum atomic E-state index is 13.6. The predicted molar refractivity (Wildman–Crippen MR) is 120 cm³/mol. The minimum absolute atomic E-state index is 0.0968. The van der Waals surface area contributed by atoms with Gasteiger partial charge in [0.05, 0.1) is 18.1 Å². The second-order valence-electron chi connectivity index (χ2n) is 8.12. The van der Waals surface area contributed by atoms with Crippen LogP contribution in [0.5, 0.6) is 5.75 Å². The van der Waals surface area contributed by atoms with E-state index < -0.39 is 11.4 Å². The molecule has 6 heteroatoms. The Morgan fingerprint density at radius 2 is 1.87 bits per heavy atom. The number of aryl methyl sites for hydroxylation is 1. The zero-order valence-corrected chi connectivity index (χ0v) is 18.7. The number of hydrogen-bond acceptors (Lipinski definition) is 5. The van der Waals surface area contributed by atoms with E-state index >= 15 is 0 Å². The van der Waals surface area contributed by atoms with E-state index in [9.17, 15) is 9.59 Å². The molecule has 6 nitrogen and oxygen atoms in total. The summed E-state index contributed by atoms with van der Waals surface area (Å²) in [6.07, 6.45) is 1.10. The normalized spacial score (nSPS) is 15.4. The lowest BCUT2D eigenvalue weighted by molar-refractivity contribution is -0.125. The van der Waals surface area contributed by atoms with E-state index in [0.717, 1.165) is 11.1 Å². The van der Waals surface area contributed by atoms with E-state index in [1.54, 1.807) is 25.1 Å². The number of hydrogen-bond donors (Lipinski definition) is 1. The number of nitrogens with one attached hydrogen (secondary N) is 1. The van der Waals surface area contributed by atoms with Crippen LogP contribution in [-0.4, -0.2) is 37.8 Å². The van der Waals surface area contributed by atoms with E-state index in [1.165, 1.54) is 0 Å². The van der Waals surface area contributed by atoms with E-state index in [0.29, 0.717) is 43.1 Å². The van der Waals surface area contributed by atoms with Gasteiger partial charge in [0.2, 0.25) is 5.91 Å². The van der Waals surface area contributed by atoms with Crippen molar-refractivity contribution < 1.29 is 23.8 Å².